The van der Waals surface area contributed by atoms with Crippen LogP contribution >= 0.6 is 0 Å². The summed E-state index contributed by atoms with van der Waals surface area (Å²) in [6, 6.07) is 23.2. The van der Waals surface area contributed by atoms with Gasteiger partial charge in [0.2, 0.25) is 11.4 Å². The van der Waals surface area contributed by atoms with Crippen LogP contribution in [-0.2, 0) is 0 Å². The summed E-state index contributed by atoms with van der Waals surface area (Å²) in [6.07, 6.45) is 9.70. The highest BCUT2D eigenvalue weighted by atomic mass is 79.9. The lowest BCUT2D eigenvalue weighted by atomic mass is 10.1. The third kappa shape index (κ3) is 5.14. The number of carbonyl (C=O) groups excluding carboxylic acids is 2. The molecule has 2 aromatic heterocycles. The Labute approximate surface area is 196 Å². The van der Waals surface area contributed by atoms with Crippen LogP contribution in [0.3, 0.4) is 0 Å². The maximum atomic E-state index is 10.8. The Hall–Kier alpha value is -2.96. The number of nitrogens with zero attached hydrogens (tertiary/aromatic N) is 2. The van der Waals surface area contributed by atoms with Crippen molar-refractivity contribution in [3.8, 4) is 22.5 Å². The Morgan fingerprint density at radius 2 is 0.767 bits per heavy atom. The summed E-state index contributed by atoms with van der Waals surface area (Å²) in [5.74, 6) is 0. The first kappa shape index (κ1) is 23.3. The molecule has 0 saturated heterocycles. The summed E-state index contributed by atoms with van der Waals surface area (Å²) in [7, 11) is 0. The molecule has 150 valence electrons. The van der Waals surface area contributed by atoms with Crippen molar-refractivity contribution in [1.29, 1.82) is 0 Å². The van der Waals surface area contributed by atoms with Crippen molar-refractivity contribution in [2.45, 2.75) is 0 Å². The molecule has 0 saturated carbocycles. The molecule has 4 nitrogen and oxygen atoms in total. The number of hydrogen-bond donors (Lipinski definition) is 0. The lowest BCUT2D eigenvalue weighted by Crippen LogP contribution is -3.00. The van der Waals surface area contributed by atoms with E-state index in [-0.39, 0.29) is 34.0 Å². The average molecular weight is 526 g/mol. The summed E-state index contributed by atoms with van der Waals surface area (Å²) in [6.45, 7) is 0. The van der Waals surface area contributed by atoms with Gasteiger partial charge in [-0.2, -0.15) is 9.13 Å². The van der Waals surface area contributed by atoms with Crippen LogP contribution in [0.5, 0.6) is 0 Å². The van der Waals surface area contributed by atoms with Gasteiger partial charge in [-0.3, -0.25) is 9.59 Å². The topological polar surface area (TPSA) is 41.9 Å². The molecule has 4 aromatic rings. The van der Waals surface area contributed by atoms with E-state index in [2.05, 4.69) is 24.3 Å². The standard InChI is InChI=1S/C24H18N2O2.2BrH/c27-17-19-1-5-23(6-2-19)25-13-9-21(10-14-25)22-11-15-26(16-12-22)24-7-3-20(18-28)4-8-24;;/h1-18H;2*1H/q+2;;/p-2. The fraction of sp³-hybridized carbons (Fsp3) is 0. The predicted octanol–water partition coefficient (Wildman–Crippen LogP) is -2.46. The summed E-state index contributed by atoms with van der Waals surface area (Å²) in [5, 5.41) is 0. The van der Waals surface area contributed by atoms with E-state index in [1.807, 2.05) is 58.2 Å². The number of halogens is 2. The van der Waals surface area contributed by atoms with Gasteiger partial charge in [0.1, 0.15) is 12.6 Å². The van der Waals surface area contributed by atoms with E-state index in [4.69, 9.17) is 0 Å². The second-order valence-electron chi connectivity index (χ2n) is 6.41. The second kappa shape index (κ2) is 10.7. The third-order valence-electron chi connectivity index (χ3n) is 4.65. The molecule has 0 spiro atoms. The minimum Gasteiger partial charge on any atom is -1.00 e. The molecule has 0 bridgehead atoms. The van der Waals surface area contributed by atoms with Crippen molar-refractivity contribution >= 4 is 12.6 Å². The zero-order valence-electron chi connectivity index (χ0n) is 15.9. The Bertz CT molecular complexity index is 1020. The van der Waals surface area contributed by atoms with Gasteiger partial charge in [-0.25, -0.2) is 0 Å². The van der Waals surface area contributed by atoms with E-state index in [1.165, 1.54) is 0 Å². The number of hydrogen-bond acceptors (Lipinski definition) is 2. The molecule has 2 aromatic carbocycles. The smallest absolute Gasteiger partial charge is 0.210 e. The molecule has 0 N–H and O–H groups in total. The van der Waals surface area contributed by atoms with Crippen molar-refractivity contribution in [2.75, 3.05) is 0 Å². The zero-order chi connectivity index (χ0) is 19.3. The van der Waals surface area contributed by atoms with Gasteiger partial charge in [0.25, 0.3) is 0 Å². The summed E-state index contributed by atoms with van der Waals surface area (Å²) >= 11 is 0. The molecule has 0 fully saturated rings. The lowest BCUT2D eigenvalue weighted by Gasteiger charge is -2.01. The van der Waals surface area contributed by atoms with Crippen LogP contribution in [0.25, 0.3) is 22.5 Å². The first-order valence-corrected chi connectivity index (χ1v) is 8.91. The van der Waals surface area contributed by atoms with Gasteiger partial charge in [-0.1, -0.05) is 0 Å². The summed E-state index contributed by atoms with van der Waals surface area (Å²) < 4.78 is 4.02. The van der Waals surface area contributed by atoms with Gasteiger partial charge >= 0.3 is 0 Å². The lowest BCUT2D eigenvalue weighted by molar-refractivity contribution is -0.596. The largest absolute Gasteiger partial charge is 1.00 e. The van der Waals surface area contributed by atoms with E-state index < -0.39 is 0 Å². The van der Waals surface area contributed by atoms with Crippen LogP contribution in [0.15, 0.2) is 97.6 Å². The van der Waals surface area contributed by atoms with Crippen LogP contribution in [0.1, 0.15) is 20.7 Å². The van der Waals surface area contributed by atoms with Gasteiger partial charge in [0.05, 0.1) is 0 Å². The van der Waals surface area contributed by atoms with Crippen molar-refractivity contribution in [3.63, 3.8) is 0 Å². The van der Waals surface area contributed by atoms with E-state index in [9.17, 15) is 9.59 Å². The molecular weight excluding hydrogens is 508 g/mol. The third-order valence-corrected chi connectivity index (χ3v) is 4.65. The molecule has 0 aliphatic heterocycles. The first-order chi connectivity index (χ1) is 13.8. The molecule has 0 unspecified atom stereocenters. The Kier molecular flexibility index (Phi) is 8.33. The highest BCUT2D eigenvalue weighted by Gasteiger charge is 2.09. The van der Waals surface area contributed by atoms with Crippen LogP contribution < -0.4 is 43.1 Å². The monoisotopic (exact) mass is 524 g/mol. The molecule has 6 heteroatoms. The Morgan fingerprint density at radius 3 is 1.03 bits per heavy atom. The van der Waals surface area contributed by atoms with Crippen LogP contribution in [-0.4, -0.2) is 12.6 Å². The highest BCUT2D eigenvalue weighted by molar-refractivity contribution is 5.75. The number of aromatic nitrogens is 2. The van der Waals surface area contributed by atoms with Gasteiger partial charge in [0.15, 0.2) is 24.8 Å². The maximum Gasteiger partial charge on any atom is 0.210 e. The van der Waals surface area contributed by atoms with E-state index >= 15 is 0 Å². The van der Waals surface area contributed by atoms with E-state index in [0.717, 1.165) is 35.1 Å². The normalized spacial score (nSPS) is 9.73. The molecule has 0 radical (unpaired) electrons. The number of aldehydes is 2. The van der Waals surface area contributed by atoms with Crippen molar-refractivity contribution in [1.82, 2.24) is 0 Å². The molecule has 0 aliphatic carbocycles. The SMILES string of the molecule is O=Cc1ccc(-[n+]2ccc(-c3cc[n+](-c4ccc(C=O)cc4)cc3)cc2)cc1.[Br-].[Br-]. The minimum atomic E-state index is 0. The average Bonchev–Trinajstić information content (AvgIpc) is 2.79. The number of benzene rings is 2. The minimum absolute atomic E-state index is 0. The predicted molar refractivity (Wildman–Crippen MR) is 106 cm³/mol. The van der Waals surface area contributed by atoms with Crippen LogP contribution in [0.4, 0.5) is 0 Å². The molecule has 2 heterocycles. The van der Waals surface area contributed by atoms with Crippen LogP contribution in [0, 0.1) is 0 Å². The highest BCUT2D eigenvalue weighted by Crippen LogP contribution is 2.16. The second-order valence-corrected chi connectivity index (χ2v) is 6.41. The first-order valence-electron chi connectivity index (χ1n) is 8.91. The van der Waals surface area contributed by atoms with Crippen molar-refractivity contribution in [3.05, 3.63) is 109 Å². The van der Waals surface area contributed by atoms with Crippen molar-refractivity contribution in [2.24, 2.45) is 0 Å². The fourth-order valence-corrected chi connectivity index (χ4v) is 3.03. The summed E-state index contributed by atoms with van der Waals surface area (Å²) in [4.78, 5) is 21.6. The molecule has 0 atom stereocenters. The van der Waals surface area contributed by atoms with E-state index in [0.29, 0.717) is 11.1 Å². The fourth-order valence-electron chi connectivity index (χ4n) is 3.03. The molecule has 0 amide bonds. The van der Waals surface area contributed by atoms with E-state index in [1.54, 1.807) is 24.3 Å². The molecular formula is C24H18Br2N2O2. The zero-order valence-corrected chi connectivity index (χ0v) is 19.0. The quantitative estimate of drug-likeness (QED) is 0.214. The Balaban J connectivity index is 0.00000160. The van der Waals surface area contributed by atoms with Gasteiger partial charge in [-0.15, -0.1) is 0 Å². The number of rotatable bonds is 5. The molecule has 0 aliphatic rings. The maximum absolute atomic E-state index is 10.8. The summed E-state index contributed by atoms with van der Waals surface area (Å²) in [5.41, 5.74) is 5.57. The van der Waals surface area contributed by atoms with Crippen LogP contribution in [0.2, 0.25) is 0 Å². The van der Waals surface area contributed by atoms with Gasteiger partial charge < -0.3 is 34.0 Å². The number of carbonyl (C=O) groups is 2. The number of pyridine rings is 2. The van der Waals surface area contributed by atoms with Crippen molar-refractivity contribution < 1.29 is 52.7 Å². The molecule has 4 rings (SSSR count). The molecule has 30 heavy (non-hydrogen) atoms. The van der Waals surface area contributed by atoms with Gasteiger partial charge in [0, 0.05) is 59.7 Å². The Morgan fingerprint density at radius 1 is 0.467 bits per heavy atom. The van der Waals surface area contributed by atoms with Gasteiger partial charge in [-0.05, 0) is 35.4 Å².